The van der Waals surface area contributed by atoms with Gasteiger partial charge >= 0.3 is 0 Å². The highest BCUT2D eigenvalue weighted by Crippen LogP contribution is 2.61. The van der Waals surface area contributed by atoms with Crippen molar-refractivity contribution in [2.75, 3.05) is 4.90 Å². The molecule has 2 heterocycles. The first-order valence-electron chi connectivity index (χ1n) is 17.5. The van der Waals surface area contributed by atoms with Crippen LogP contribution < -0.4 is 4.90 Å². The van der Waals surface area contributed by atoms with Crippen LogP contribution in [0.4, 0.5) is 17.1 Å². The van der Waals surface area contributed by atoms with Crippen LogP contribution in [0.15, 0.2) is 182 Å². The SMILES string of the molecule is c1ccc(-c2ccc(N(c3ccccc3)c3ccc4c(c3)C3(c5ccccc5-4)c4ccccc4-n4c5ccccc5c5cccc3c54)cc2)cc#1. The molecule has 8 aromatic carbocycles. The van der Waals surface area contributed by atoms with E-state index in [1.807, 2.05) is 12.1 Å². The molecule has 2 nitrogen and oxygen atoms in total. The molecule has 1 aliphatic carbocycles. The van der Waals surface area contributed by atoms with Gasteiger partial charge in [-0.25, -0.2) is 0 Å². The number of rotatable bonds is 4. The van der Waals surface area contributed by atoms with Crippen molar-refractivity contribution in [1.29, 1.82) is 0 Å². The van der Waals surface area contributed by atoms with E-state index >= 15 is 0 Å². The smallest absolute Gasteiger partial charge is 0.0755 e. The highest BCUT2D eigenvalue weighted by Gasteiger charge is 2.51. The van der Waals surface area contributed by atoms with Gasteiger partial charge in [-0.3, -0.25) is 0 Å². The zero-order valence-electron chi connectivity index (χ0n) is 27.7. The first-order chi connectivity index (χ1) is 25.3. The van der Waals surface area contributed by atoms with Crippen molar-refractivity contribution in [2.24, 2.45) is 0 Å². The Kier molecular flexibility index (Phi) is 5.83. The Morgan fingerprint density at radius 2 is 1.14 bits per heavy atom. The minimum Gasteiger partial charge on any atom is -0.310 e. The molecule has 0 bridgehead atoms. The molecule has 0 N–H and O–H groups in total. The van der Waals surface area contributed by atoms with Gasteiger partial charge in [0.15, 0.2) is 0 Å². The van der Waals surface area contributed by atoms with E-state index in [-0.39, 0.29) is 0 Å². The van der Waals surface area contributed by atoms with Crippen LogP contribution in [0.1, 0.15) is 22.3 Å². The van der Waals surface area contributed by atoms with Gasteiger partial charge in [0.25, 0.3) is 0 Å². The molecule has 9 aromatic rings. The third kappa shape index (κ3) is 3.78. The monoisotopic (exact) mass is 646 g/mol. The molecule has 2 heteroatoms. The number of hydrogen-bond donors (Lipinski definition) is 0. The number of nitrogens with zero attached hydrogens (tertiary/aromatic N) is 2. The van der Waals surface area contributed by atoms with Crippen molar-refractivity contribution >= 4 is 38.9 Å². The topological polar surface area (TPSA) is 8.17 Å². The van der Waals surface area contributed by atoms with Crippen LogP contribution in [0.2, 0.25) is 0 Å². The Hall–Kier alpha value is -6.82. The van der Waals surface area contributed by atoms with Gasteiger partial charge in [-0.05, 0) is 111 Å². The minimum atomic E-state index is -0.505. The van der Waals surface area contributed by atoms with Gasteiger partial charge in [0, 0.05) is 27.8 Å². The standard InChI is InChI=1S/C49H30N2/c1-3-14-33(15-4-1)34-26-28-36(29-27-34)50(35-16-5-2-6-17-35)37-30-31-39-38-18-7-9-21-42(38)49(45(39)32-37)43-22-10-12-25-47(43)51-46-24-11-8-19-40(46)41-20-13-23-44(49)48(41)51/h2-3,5-32H. The zero-order valence-corrected chi connectivity index (χ0v) is 27.7. The van der Waals surface area contributed by atoms with Crippen LogP contribution in [0.25, 0.3) is 49.7 Å². The fourth-order valence-electron chi connectivity index (χ4n) is 9.04. The van der Waals surface area contributed by atoms with Crippen molar-refractivity contribution in [3.8, 4) is 27.9 Å². The van der Waals surface area contributed by atoms with Crippen molar-refractivity contribution in [1.82, 2.24) is 4.57 Å². The number of fused-ring (bicyclic) bond motifs is 12. The molecule has 236 valence electrons. The maximum Gasteiger partial charge on any atom is 0.0755 e. The Bertz CT molecular complexity index is 2790. The molecule has 0 fully saturated rings. The van der Waals surface area contributed by atoms with Crippen LogP contribution >= 0.6 is 0 Å². The molecule has 1 unspecified atom stereocenters. The van der Waals surface area contributed by atoms with Crippen LogP contribution in [0.5, 0.6) is 0 Å². The summed E-state index contributed by atoms with van der Waals surface area (Å²) in [5, 5.41) is 2.57. The van der Waals surface area contributed by atoms with E-state index in [0.717, 1.165) is 28.2 Å². The lowest BCUT2D eigenvalue weighted by Gasteiger charge is -2.40. The molecule has 0 amide bonds. The van der Waals surface area contributed by atoms with Crippen molar-refractivity contribution in [3.63, 3.8) is 0 Å². The van der Waals surface area contributed by atoms with E-state index in [1.54, 1.807) is 0 Å². The van der Waals surface area contributed by atoms with Crippen LogP contribution in [0, 0.1) is 12.1 Å². The lowest BCUT2D eigenvalue weighted by atomic mass is 9.65. The number of aromatic nitrogens is 1. The van der Waals surface area contributed by atoms with Crippen LogP contribution in [-0.4, -0.2) is 4.57 Å². The Labute approximate surface area is 297 Å². The van der Waals surface area contributed by atoms with E-state index in [1.165, 1.54) is 60.9 Å². The summed E-state index contributed by atoms with van der Waals surface area (Å²) in [6.45, 7) is 0. The number of anilines is 3. The Morgan fingerprint density at radius 3 is 2.00 bits per heavy atom. The summed E-state index contributed by atoms with van der Waals surface area (Å²) in [7, 11) is 0. The van der Waals surface area contributed by atoms with Gasteiger partial charge in [-0.2, -0.15) is 0 Å². The molecule has 11 rings (SSSR count). The lowest BCUT2D eigenvalue weighted by molar-refractivity contribution is 0.748. The summed E-state index contributed by atoms with van der Waals surface area (Å²) < 4.78 is 2.51. The van der Waals surface area contributed by atoms with E-state index in [0.29, 0.717) is 0 Å². The summed E-state index contributed by atoms with van der Waals surface area (Å²) in [6.07, 6.45) is 0. The third-order valence-corrected chi connectivity index (χ3v) is 11.1. The van der Waals surface area contributed by atoms with E-state index in [9.17, 15) is 0 Å². The summed E-state index contributed by atoms with van der Waals surface area (Å²) in [6, 6.07) is 72.7. The summed E-state index contributed by atoms with van der Waals surface area (Å²) in [5.41, 5.74) is 16.7. The van der Waals surface area contributed by atoms with Gasteiger partial charge in [0.05, 0.1) is 22.1 Å². The summed E-state index contributed by atoms with van der Waals surface area (Å²) >= 11 is 0. The highest BCUT2D eigenvalue weighted by molar-refractivity contribution is 6.12. The number of benzene rings is 7. The first kappa shape index (κ1) is 28.1. The van der Waals surface area contributed by atoms with Gasteiger partial charge in [0.2, 0.25) is 0 Å². The second-order valence-electron chi connectivity index (χ2n) is 13.5. The summed E-state index contributed by atoms with van der Waals surface area (Å²) in [5.74, 6) is 0. The molecule has 1 atom stereocenters. The normalized spacial score (nSPS) is 15.0. The fraction of sp³-hybridized carbons (Fsp3) is 0.0204. The molecule has 1 aromatic heterocycles. The fourth-order valence-corrected chi connectivity index (χ4v) is 9.04. The van der Waals surface area contributed by atoms with Gasteiger partial charge < -0.3 is 9.47 Å². The van der Waals surface area contributed by atoms with Gasteiger partial charge in [-0.1, -0.05) is 127 Å². The maximum absolute atomic E-state index is 3.10. The van der Waals surface area contributed by atoms with E-state index in [4.69, 9.17) is 0 Å². The lowest BCUT2D eigenvalue weighted by Crippen LogP contribution is -2.33. The van der Waals surface area contributed by atoms with Gasteiger partial charge in [-0.15, -0.1) is 0 Å². The zero-order chi connectivity index (χ0) is 33.5. The molecule has 1 spiro atoms. The van der Waals surface area contributed by atoms with E-state index < -0.39 is 5.41 Å². The maximum atomic E-state index is 3.10. The Balaban J connectivity index is 1.20. The molecule has 0 saturated heterocycles. The molecular formula is C49H30N2. The quantitative estimate of drug-likeness (QED) is 0.185. The largest absolute Gasteiger partial charge is 0.310 e. The molecule has 1 aliphatic heterocycles. The van der Waals surface area contributed by atoms with E-state index in [2.05, 4.69) is 191 Å². The molecular weight excluding hydrogens is 617 g/mol. The van der Waals surface area contributed by atoms with Crippen molar-refractivity contribution < 1.29 is 0 Å². The van der Waals surface area contributed by atoms with Crippen molar-refractivity contribution in [3.05, 3.63) is 216 Å². The van der Waals surface area contributed by atoms with Crippen LogP contribution in [0.3, 0.4) is 0 Å². The number of para-hydroxylation sites is 4. The average Bonchev–Trinajstić information content (AvgIpc) is 3.69. The highest BCUT2D eigenvalue weighted by atomic mass is 15.1. The number of hydrogen-bond acceptors (Lipinski definition) is 1. The van der Waals surface area contributed by atoms with Gasteiger partial charge in [0.1, 0.15) is 0 Å². The average molecular weight is 647 g/mol. The summed E-state index contributed by atoms with van der Waals surface area (Å²) in [4.78, 5) is 2.39. The first-order valence-corrected chi connectivity index (χ1v) is 17.5. The molecule has 2 aliphatic rings. The predicted octanol–water partition coefficient (Wildman–Crippen LogP) is 12.2. The predicted molar refractivity (Wildman–Crippen MR) is 209 cm³/mol. The second kappa shape index (κ2) is 10.6. The minimum absolute atomic E-state index is 0.505. The third-order valence-electron chi connectivity index (χ3n) is 11.1. The molecule has 51 heavy (non-hydrogen) atoms. The van der Waals surface area contributed by atoms with Crippen molar-refractivity contribution in [2.45, 2.75) is 5.41 Å². The molecule has 0 radical (unpaired) electrons. The Morgan fingerprint density at radius 1 is 0.451 bits per heavy atom. The van der Waals surface area contributed by atoms with Crippen LogP contribution in [-0.2, 0) is 5.41 Å². The second-order valence-corrected chi connectivity index (χ2v) is 13.5. The molecule has 0 saturated carbocycles.